The van der Waals surface area contributed by atoms with Crippen LogP contribution in [0.25, 0.3) is 0 Å². The van der Waals surface area contributed by atoms with E-state index in [0.29, 0.717) is 6.54 Å². The van der Waals surface area contributed by atoms with Gasteiger partial charge < -0.3 is 10.1 Å². The second-order valence-corrected chi connectivity index (χ2v) is 5.46. The monoisotopic (exact) mass is 303 g/mol. The third kappa shape index (κ3) is 4.71. The van der Waals surface area contributed by atoms with Crippen LogP contribution in [0.5, 0.6) is 0 Å². The molecule has 0 heterocycles. The molecule has 0 aliphatic rings. The number of alkyl halides is 3. The molecule has 5 heteroatoms. The Balaban J connectivity index is 3.26. The molecule has 2 nitrogen and oxygen atoms in total. The van der Waals surface area contributed by atoms with Gasteiger partial charge in [-0.3, -0.25) is 0 Å². The predicted molar refractivity (Wildman–Crippen MR) is 78.1 cm³/mol. The van der Waals surface area contributed by atoms with E-state index < -0.39 is 17.8 Å². The van der Waals surface area contributed by atoms with Gasteiger partial charge in [0, 0.05) is 7.11 Å². The van der Waals surface area contributed by atoms with Crippen LogP contribution in [-0.4, -0.2) is 19.8 Å². The number of nitrogens with one attached hydrogen (secondary N) is 1. The van der Waals surface area contributed by atoms with E-state index in [1.807, 2.05) is 20.8 Å². The van der Waals surface area contributed by atoms with Crippen molar-refractivity contribution in [3.63, 3.8) is 0 Å². The zero-order chi connectivity index (χ0) is 16.0. The summed E-state index contributed by atoms with van der Waals surface area (Å²) in [7, 11) is 1.54. The lowest BCUT2D eigenvalue weighted by Gasteiger charge is -2.32. The van der Waals surface area contributed by atoms with Crippen molar-refractivity contribution in [2.24, 2.45) is 5.92 Å². The predicted octanol–water partition coefficient (Wildman–Crippen LogP) is 4.42. The molecule has 0 aliphatic carbocycles. The topological polar surface area (TPSA) is 21.3 Å². The molecule has 1 aromatic rings. The highest BCUT2D eigenvalue weighted by molar-refractivity contribution is 5.33. The molecule has 0 saturated heterocycles. The molecule has 21 heavy (non-hydrogen) atoms. The van der Waals surface area contributed by atoms with E-state index in [0.717, 1.165) is 12.5 Å². The summed E-state index contributed by atoms with van der Waals surface area (Å²) in [5, 5.41) is 3.21. The van der Waals surface area contributed by atoms with Gasteiger partial charge in [0.05, 0.1) is 17.7 Å². The van der Waals surface area contributed by atoms with Gasteiger partial charge in [-0.05, 0) is 30.5 Å². The molecule has 2 unspecified atom stereocenters. The average molecular weight is 303 g/mol. The standard InChI is InChI=1S/C16H24F3NO/c1-5-10-20-14(15(21-4)11(2)3)12-8-6-7-9-13(12)16(17,18)19/h6-9,11,14-15,20H,5,10H2,1-4H3. The van der Waals surface area contributed by atoms with Crippen LogP contribution in [0.1, 0.15) is 44.4 Å². The van der Waals surface area contributed by atoms with E-state index in [2.05, 4.69) is 5.32 Å². The third-order valence-corrected chi connectivity index (χ3v) is 3.47. The molecule has 0 aliphatic heterocycles. The van der Waals surface area contributed by atoms with Crippen LogP contribution < -0.4 is 5.32 Å². The zero-order valence-corrected chi connectivity index (χ0v) is 13.0. The normalized spacial score (nSPS) is 15.2. The summed E-state index contributed by atoms with van der Waals surface area (Å²) in [5.41, 5.74) is -0.347. The number of halogens is 3. The van der Waals surface area contributed by atoms with Gasteiger partial charge in [0.15, 0.2) is 0 Å². The van der Waals surface area contributed by atoms with Crippen LogP contribution in [0.3, 0.4) is 0 Å². The summed E-state index contributed by atoms with van der Waals surface area (Å²) < 4.78 is 45.2. The molecule has 0 saturated carbocycles. The Labute approximate surface area is 124 Å². The van der Waals surface area contributed by atoms with Crippen molar-refractivity contribution in [2.45, 2.75) is 45.5 Å². The summed E-state index contributed by atoms with van der Waals surface area (Å²) >= 11 is 0. The minimum Gasteiger partial charge on any atom is -0.379 e. The lowest BCUT2D eigenvalue weighted by Crippen LogP contribution is -2.38. The van der Waals surface area contributed by atoms with Gasteiger partial charge in [-0.1, -0.05) is 39.0 Å². The molecule has 0 spiro atoms. The highest BCUT2D eigenvalue weighted by Crippen LogP contribution is 2.36. The Bertz CT molecular complexity index is 432. The molecular weight excluding hydrogens is 279 g/mol. The van der Waals surface area contributed by atoms with E-state index in [4.69, 9.17) is 4.74 Å². The van der Waals surface area contributed by atoms with Crippen molar-refractivity contribution in [1.82, 2.24) is 5.32 Å². The minimum atomic E-state index is -4.36. The fourth-order valence-electron chi connectivity index (χ4n) is 2.52. The van der Waals surface area contributed by atoms with Crippen molar-refractivity contribution in [2.75, 3.05) is 13.7 Å². The van der Waals surface area contributed by atoms with E-state index in [1.54, 1.807) is 13.2 Å². The van der Waals surface area contributed by atoms with E-state index in [1.165, 1.54) is 12.1 Å². The lowest BCUT2D eigenvalue weighted by atomic mass is 9.90. The number of hydrogen-bond donors (Lipinski definition) is 1. The van der Waals surface area contributed by atoms with Crippen LogP contribution in [0.2, 0.25) is 0 Å². The molecule has 0 bridgehead atoms. The van der Waals surface area contributed by atoms with Crippen LogP contribution in [0, 0.1) is 5.92 Å². The molecule has 1 aromatic carbocycles. The van der Waals surface area contributed by atoms with Crippen LogP contribution in [0.4, 0.5) is 13.2 Å². The number of benzene rings is 1. The molecule has 120 valence electrons. The number of methoxy groups -OCH3 is 1. The molecule has 0 amide bonds. The fraction of sp³-hybridized carbons (Fsp3) is 0.625. The second kappa shape index (κ2) is 7.80. The summed E-state index contributed by atoms with van der Waals surface area (Å²) in [6, 6.07) is 5.24. The second-order valence-electron chi connectivity index (χ2n) is 5.46. The molecule has 1 N–H and O–H groups in total. The quantitative estimate of drug-likeness (QED) is 0.805. The Morgan fingerprint density at radius 1 is 1.19 bits per heavy atom. The minimum absolute atomic E-state index is 0.102. The summed E-state index contributed by atoms with van der Waals surface area (Å²) in [6.45, 7) is 6.52. The van der Waals surface area contributed by atoms with Gasteiger partial charge in [0.1, 0.15) is 0 Å². The molecule has 0 fully saturated rings. The van der Waals surface area contributed by atoms with Crippen molar-refractivity contribution in [1.29, 1.82) is 0 Å². The first-order chi connectivity index (χ1) is 9.82. The van der Waals surface area contributed by atoms with Crippen molar-refractivity contribution in [3.05, 3.63) is 35.4 Å². The first-order valence-electron chi connectivity index (χ1n) is 7.25. The SMILES string of the molecule is CCCNC(c1ccccc1C(F)(F)F)C(OC)C(C)C. The highest BCUT2D eigenvalue weighted by Gasteiger charge is 2.37. The largest absolute Gasteiger partial charge is 0.416 e. The van der Waals surface area contributed by atoms with Crippen LogP contribution in [-0.2, 0) is 10.9 Å². The Morgan fingerprint density at radius 3 is 2.29 bits per heavy atom. The fourth-order valence-corrected chi connectivity index (χ4v) is 2.52. The first kappa shape index (κ1) is 18.0. The molecule has 1 rings (SSSR count). The van der Waals surface area contributed by atoms with E-state index in [9.17, 15) is 13.2 Å². The molecule has 0 radical (unpaired) electrons. The van der Waals surface area contributed by atoms with Crippen molar-refractivity contribution < 1.29 is 17.9 Å². The van der Waals surface area contributed by atoms with E-state index >= 15 is 0 Å². The third-order valence-electron chi connectivity index (χ3n) is 3.47. The van der Waals surface area contributed by atoms with Crippen LogP contribution >= 0.6 is 0 Å². The van der Waals surface area contributed by atoms with Crippen molar-refractivity contribution in [3.8, 4) is 0 Å². The molecular formula is C16H24F3NO. The van der Waals surface area contributed by atoms with Gasteiger partial charge in [0.25, 0.3) is 0 Å². The smallest absolute Gasteiger partial charge is 0.379 e. The Kier molecular flexibility index (Phi) is 6.68. The number of rotatable bonds is 7. The molecule has 0 aromatic heterocycles. The van der Waals surface area contributed by atoms with Crippen molar-refractivity contribution >= 4 is 0 Å². The maximum Gasteiger partial charge on any atom is 0.416 e. The highest BCUT2D eigenvalue weighted by atomic mass is 19.4. The summed E-state index contributed by atoms with van der Waals surface area (Å²) in [4.78, 5) is 0. The molecule has 2 atom stereocenters. The Morgan fingerprint density at radius 2 is 1.81 bits per heavy atom. The number of hydrogen-bond acceptors (Lipinski definition) is 2. The van der Waals surface area contributed by atoms with Gasteiger partial charge >= 0.3 is 6.18 Å². The van der Waals surface area contributed by atoms with Gasteiger partial charge in [0.2, 0.25) is 0 Å². The Hall–Kier alpha value is -1.07. The zero-order valence-electron chi connectivity index (χ0n) is 13.0. The van der Waals surface area contributed by atoms with Crippen LogP contribution in [0.15, 0.2) is 24.3 Å². The summed E-state index contributed by atoms with van der Waals surface area (Å²) in [5.74, 6) is 0.102. The average Bonchev–Trinajstić information content (AvgIpc) is 2.42. The maximum atomic E-state index is 13.2. The first-order valence-corrected chi connectivity index (χ1v) is 7.25. The number of ether oxygens (including phenoxy) is 1. The maximum absolute atomic E-state index is 13.2. The lowest BCUT2D eigenvalue weighted by molar-refractivity contribution is -0.138. The van der Waals surface area contributed by atoms with Gasteiger partial charge in [-0.15, -0.1) is 0 Å². The van der Waals surface area contributed by atoms with Gasteiger partial charge in [-0.25, -0.2) is 0 Å². The van der Waals surface area contributed by atoms with E-state index in [-0.39, 0.29) is 17.6 Å². The summed E-state index contributed by atoms with van der Waals surface area (Å²) in [6.07, 6.45) is -3.84. The van der Waals surface area contributed by atoms with Gasteiger partial charge in [-0.2, -0.15) is 13.2 Å².